The second kappa shape index (κ2) is 6.33. The van der Waals surface area contributed by atoms with Crippen LogP contribution in [0.2, 0.25) is 0 Å². The molecule has 1 atom stereocenters. The highest BCUT2D eigenvalue weighted by Gasteiger charge is 2.23. The maximum atomic E-state index is 8.84. The lowest BCUT2D eigenvalue weighted by Crippen LogP contribution is -2.25. The van der Waals surface area contributed by atoms with Gasteiger partial charge in [-0.15, -0.1) is 0 Å². The number of hydrogen-bond acceptors (Lipinski definition) is 3. The van der Waals surface area contributed by atoms with Gasteiger partial charge in [-0.05, 0) is 56.4 Å². The number of hydrogen-bond donors (Lipinski definition) is 1. The van der Waals surface area contributed by atoms with Gasteiger partial charge in [-0.3, -0.25) is 4.68 Å². The summed E-state index contributed by atoms with van der Waals surface area (Å²) < 4.78 is 2.08. The summed E-state index contributed by atoms with van der Waals surface area (Å²) in [7, 11) is 0. The number of nitrogens with zero attached hydrogens (tertiary/aromatic N) is 3. The number of benzene rings is 1. The van der Waals surface area contributed by atoms with Crippen molar-refractivity contribution in [1.29, 1.82) is 5.26 Å². The lowest BCUT2D eigenvalue weighted by atomic mass is 9.93. The van der Waals surface area contributed by atoms with Crippen LogP contribution in [0.25, 0.3) is 0 Å². The van der Waals surface area contributed by atoms with Crippen LogP contribution in [-0.4, -0.2) is 9.78 Å². The maximum Gasteiger partial charge on any atom is 0.0991 e. The van der Waals surface area contributed by atoms with Crippen LogP contribution in [0.5, 0.6) is 0 Å². The molecule has 1 heterocycles. The van der Waals surface area contributed by atoms with Crippen LogP contribution < -0.4 is 5.32 Å². The number of aryl methyl sites for hydroxylation is 1. The number of fused-ring (bicyclic) bond motifs is 1. The Balaban J connectivity index is 1.70. The lowest BCUT2D eigenvalue weighted by molar-refractivity contribution is 0.439. The van der Waals surface area contributed by atoms with Gasteiger partial charge in [-0.1, -0.05) is 12.1 Å². The van der Waals surface area contributed by atoms with Crippen molar-refractivity contribution in [3.63, 3.8) is 0 Å². The van der Waals surface area contributed by atoms with Crippen LogP contribution in [0.15, 0.2) is 30.5 Å². The minimum atomic E-state index is 0.333. The Kier molecular flexibility index (Phi) is 4.26. The van der Waals surface area contributed by atoms with Gasteiger partial charge in [0, 0.05) is 18.8 Å². The normalized spacial score (nSPS) is 17.3. The van der Waals surface area contributed by atoms with Crippen LogP contribution in [0.3, 0.4) is 0 Å². The van der Waals surface area contributed by atoms with Crippen LogP contribution in [0, 0.1) is 11.3 Å². The predicted octanol–water partition coefficient (Wildman–Crippen LogP) is 3.50. The van der Waals surface area contributed by atoms with Gasteiger partial charge in [0.2, 0.25) is 0 Å². The summed E-state index contributed by atoms with van der Waals surface area (Å²) in [5.74, 6) is 0. The van der Waals surface area contributed by atoms with Gasteiger partial charge in [-0.2, -0.15) is 10.4 Å². The molecule has 0 saturated heterocycles. The van der Waals surface area contributed by atoms with E-state index in [1.165, 1.54) is 23.2 Å². The van der Waals surface area contributed by atoms with E-state index in [1.54, 1.807) is 0 Å². The monoisotopic (exact) mass is 294 g/mol. The van der Waals surface area contributed by atoms with E-state index in [0.29, 0.717) is 17.6 Å². The Hall–Kier alpha value is -2.12. The Morgan fingerprint density at radius 1 is 1.36 bits per heavy atom. The van der Waals surface area contributed by atoms with Crippen molar-refractivity contribution in [3.8, 4) is 6.07 Å². The van der Waals surface area contributed by atoms with Crippen LogP contribution >= 0.6 is 0 Å². The second-order valence-corrected chi connectivity index (χ2v) is 6.25. The van der Waals surface area contributed by atoms with Gasteiger partial charge >= 0.3 is 0 Å². The Morgan fingerprint density at radius 2 is 2.14 bits per heavy atom. The molecule has 1 aliphatic rings. The molecule has 0 amide bonds. The Morgan fingerprint density at radius 3 is 2.82 bits per heavy atom. The minimum Gasteiger partial charge on any atom is -0.304 e. The highest BCUT2D eigenvalue weighted by Crippen LogP contribution is 2.29. The molecule has 114 valence electrons. The van der Waals surface area contributed by atoms with E-state index in [4.69, 9.17) is 10.4 Å². The SMILES string of the molecule is CC(C)n1cc2c(n1)[C@@H](NCc1ccc(C#N)cc1)CCC2. The van der Waals surface area contributed by atoms with Crippen LogP contribution in [0.4, 0.5) is 0 Å². The molecule has 1 aliphatic carbocycles. The van der Waals surface area contributed by atoms with E-state index in [1.807, 2.05) is 24.3 Å². The molecule has 0 unspecified atom stereocenters. The first-order chi connectivity index (χ1) is 10.7. The molecular formula is C18H22N4. The van der Waals surface area contributed by atoms with Gasteiger partial charge in [-0.25, -0.2) is 0 Å². The van der Waals surface area contributed by atoms with Gasteiger partial charge in [0.15, 0.2) is 0 Å². The second-order valence-electron chi connectivity index (χ2n) is 6.25. The van der Waals surface area contributed by atoms with E-state index in [0.717, 1.165) is 19.4 Å². The molecule has 4 nitrogen and oxygen atoms in total. The van der Waals surface area contributed by atoms with Crippen molar-refractivity contribution in [3.05, 3.63) is 52.8 Å². The van der Waals surface area contributed by atoms with Gasteiger partial charge in [0.05, 0.1) is 23.4 Å². The zero-order valence-corrected chi connectivity index (χ0v) is 13.2. The summed E-state index contributed by atoms with van der Waals surface area (Å²) in [5, 5.41) is 17.2. The Bertz CT molecular complexity index is 676. The molecule has 0 spiro atoms. The third-order valence-electron chi connectivity index (χ3n) is 4.27. The highest BCUT2D eigenvalue weighted by atomic mass is 15.3. The quantitative estimate of drug-likeness (QED) is 0.939. The van der Waals surface area contributed by atoms with E-state index in [9.17, 15) is 0 Å². The van der Waals surface area contributed by atoms with Crippen LogP contribution in [0.1, 0.15) is 61.2 Å². The molecule has 2 aromatic rings. The fraction of sp³-hybridized carbons (Fsp3) is 0.444. The van der Waals surface area contributed by atoms with E-state index in [2.05, 4.69) is 36.1 Å². The average Bonchev–Trinajstić information content (AvgIpc) is 2.98. The van der Waals surface area contributed by atoms with E-state index >= 15 is 0 Å². The topological polar surface area (TPSA) is 53.6 Å². The van der Waals surface area contributed by atoms with Crippen molar-refractivity contribution < 1.29 is 0 Å². The number of nitrogens with one attached hydrogen (secondary N) is 1. The molecule has 0 aliphatic heterocycles. The summed E-state index contributed by atoms with van der Waals surface area (Å²) in [5.41, 5.74) is 4.51. The molecule has 22 heavy (non-hydrogen) atoms. The molecule has 0 radical (unpaired) electrons. The largest absolute Gasteiger partial charge is 0.304 e. The van der Waals surface area contributed by atoms with E-state index in [-0.39, 0.29) is 0 Å². The molecule has 3 rings (SSSR count). The molecule has 4 heteroatoms. The molecule has 0 bridgehead atoms. The summed E-state index contributed by atoms with van der Waals surface area (Å²) in [6.45, 7) is 5.14. The lowest BCUT2D eigenvalue weighted by Gasteiger charge is -2.22. The third-order valence-corrected chi connectivity index (χ3v) is 4.27. The first-order valence-corrected chi connectivity index (χ1v) is 7.97. The molecule has 1 aromatic heterocycles. The highest BCUT2D eigenvalue weighted by molar-refractivity contribution is 5.31. The molecule has 0 fully saturated rings. The summed E-state index contributed by atoms with van der Waals surface area (Å²) in [6.07, 6.45) is 5.69. The van der Waals surface area contributed by atoms with Gasteiger partial charge < -0.3 is 5.32 Å². The molecule has 1 N–H and O–H groups in total. The van der Waals surface area contributed by atoms with Gasteiger partial charge in [0.25, 0.3) is 0 Å². The molecule has 0 saturated carbocycles. The summed E-state index contributed by atoms with van der Waals surface area (Å²) in [6, 6.07) is 10.7. The van der Waals surface area contributed by atoms with E-state index < -0.39 is 0 Å². The van der Waals surface area contributed by atoms with Crippen LogP contribution in [-0.2, 0) is 13.0 Å². The number of aromatic nitrogens is 2. The first kappa shape index (κ1) is 14.8. The smallest absolute Gasteiger partial charge is 0.0991 e. The molecule has 1 aromatic carbocycles. The molecular weight excluding hydrogens is 272 g/mol. The fourth-order valence-corrected chi connectivity index (χ4v) is 2.96. The average molecular weight is 294 g/mol. The maximum absolute atomic E-state index is 8.84. The zero-order valence-electron chi connectivity index (χ0n) is 13.2. The van der Waals surface area contributed by atoms with Crippen molar-refractivity contribution in [2.45, 2.75) is 51.7 Å². The Labute approximate surface area is 131 Å². The predicted molar refractivity (Wildman–Crippen MR) is 86.3 cm³/mol. The number of nitriles is 1. The standard InChI is InChI=1S/C18H22N4/c1-13(2)22-12-16-4-3-5-17(18(16)21-22)20-11-15-8-6-14(10-19)7-9-15/h6-9,12-13,17,20H,3-5,11H2,1-2H3/t17-/m0/s1. The van der Waals surface area contributed by atoms with Crippen molar-refractivity contribution >= 4 is 0 Å². The minimum absolute atomic E-state index is 0.333. The fourth-order valence-electron chi connectivity index (χ4n) is 2.96. The number of rotatable bonds is 4. The van der Waals surface area contributed by atoms with Crippen molar-refractivity contribution in [1.82, 2.24) is 15.1 Å². The van der Waals surface area contributed by atoms with Crippen molar-refractivity contribution in [2.24, 2.45) is 0 Å². The first-order valence-electron chi connectivity index (χ1n) is 7.97. The van der Waals surface area contributed by atoms with Gasteiger partial charge in [0.1, 0.15) is 0 Å². The van der Waals surface area contributed by atoms with Crippen molar-refractivity contribution in [2.75, 3.05) is 0 Å². The summed E-state index contributed by atoms with van der Waals surface area (Å²) in [4.78, 5) is 0. The third kappa shape index (κ3) is 3.05. The zero-order chi connectivity index (χ0) is 15.5. The summed E-state index contributed by atoms with van der Waals surface area (Å²) >= 11 is 0.